The van der Waals surface area contributed by atoms with Crippen molar-refractivity contribution in [2.24, 2.45) is 0 Å². The smallest absolute Gasteiger partial charge is 0.264 e. The fourth-order valence-electron chi connectivity index (χ4n) is 4.34. The number of aryl methyl sites for hydroxylation is 1. The third kappa shape index (κ3) is 7.22. The number of methoxy groups -OCH3 is 1. The summed E-state index contributed by atoms with van der Waals surface area (Å²) in [5.74, 6) is 0.624. The Labute approximate surface area is 225 Å². The van der Waals surface area contributed by atoms with Gasteiger partial charge in [0.1, 0.15) is 5.75 Å². The van der Waals surface area contributed by atoms with Crippen LogP contribution in [0.15, 0.2) is 114 Å². The molecule has 0 aliphatic carbocycles. The molecule has 0 fully saturated rings. The molecule has 4 rings (SSSR count). The molecule has 198 valence electrons. The van der Waals surface area contributed by atoms with Gasteiger partial charge < -0.3 is 9.84 Å². The third-order valence-corrected chi connectivity index (χ3v) is 8.12. The van der Waals surface area contributed by atoms with Gasteiger partial charge in [0.2, 0.25) is 0 Å². The molecule has 0 saturated heterocycles. The molecular weight excluding hydrogens is 496 g/mol. The molecule has 0 spiro atoms. The van der Waals surface area contributed by atoms with Crippen molar-refractivity contribution in [2.45, 2.75) is 31.0 Å². The van der Waals surface area contributed by atoms with Crippen molar-refractivity contribution in [3.8, 4) is 5.75 Å². The van der Waals surface area contributed by atoms with Crippen molar-refractivity contribution in [1.29, 1.82) is 0 Å². The minimum Gasteiger partial charge on any atom is -0.497 e. The molecule has 7 heteroatoms. The Balaban J connectivity index is 1.60. The van der Waals surface area contributed by atoms with Gasteiger partial charge in [-0.15, -0.1) is 0 Å². The summed E-state index contributed by atoms with van der Waals surface area (Å²) < 4.78 is 34.1. The molecule has 38 heavy (non-hydrogen) atoms. The van der Waals surface area contributed by atoms with Crippen LogP contribution in [0.4, 0.5) is 5.69 Å². The van der Waals surface area contributed by atoms with Crippen LogP contribution in [0.5, 0.6) is 5.75 Å². The monoisotopic (exact) mass is 530 g/mol. The van der Waals surface area contributed by atoms with Crippen LogP contribution >= 0.6 is 0 Å². The first kappa shape index (κ1) is 27.4. The zero-order valence-electron chi connectivity index (χ0n) is 21.8. The van der Waals surface area contributed by atoms with E-state index in [1.165, 1.54) is 4.31 Å². The Morgan fingerprint density at radius 2 is 1.26 bits per heavy atom. The number of aliphatic hydroxyl groups excluding tert-OH is 1. The Morgan fingerprint density at radius 3 is 1.76 bits per heavy atom. The van der Waals surface area contributed by atoms with Gasteiger partial charge in [-0.1, -0.05) is 78.4 Å². The molecule has 1 N–H and O–H groups in total. The topological polar surface area (TPSA) is 70.1 Å². The molecule has 0 aromatic heterocycles. The van der Waals surface area contributed by atoms with Gasteiger partial charge in [-0.3, -0.25) is 9.21 Å². The minimum absolute atomic E-state index is 0.0946. The second kappa shape index (κ2) is 12.7. The van der Waals surface area contributed by atoms with Crippen LogP contribution in [0.2, 0.25) is 0 Å². The van der Waals surface area contributed by atoms with Crippen molar-refractivity contribution in [3.05, 3.63) is 126 Å². The van der Waals surface area contributed by atoms with E-state index in [4.69, 9.17) is 4.74 Å². The molecule has 1 unspecified atom stereocenters. The maximum absolute atomic E-state index is 13.8. The molecule has 0 aliphatic heterocycles. The molecule has 4 aromatic carbocycles. The molecule has 6 nitrogen and oxygen atoms in total. The minimum atomic E-state index is -3.93. The van der Waals surface area contributed by atoms with E-state index in [0.29, 0.717) is 31.1 Å². The Kier molecular flexibility index (Phi) is 9.18. The Bertz CT molecular complexity index is 1340. The lowest BCUT2D eigenvalue weighted by Crippen LogP contribution is -2.42. The summed E-state index contributed by atoms with van der Waals surface area (Å²) in [4.78, 5) is 2.32. The van der Waals surface area contributed by atoms with Crippen molar-refractivity contribution in [1.82, 2.24) is 4.90 Å². The molecule has 0 heterocycles. The largest absolute Gasteiger partial charge is 0.497 e. The average molecular weight is 531 g/mol. The van der Waals surface area contributed by atoms with Gasteiger partial charge in [0.05, 0.1) is 30.3 Å². The van der Waals surface area contributed by atoms with E-state index < -0.39 is 16.1 Å². The summed E-state index contributed by atoms with van der Waals surface area (Å²) in [6.45, 7) is 3.36. The third-order valence-electron chi connectivity index (χ3n) is 6.31. The summed E-state index contributed by atoms with van der Waals surface area (Å²) in [7, 11) is -2.36. The van der Waals surface area contributed by atoms with E-state index in [1.807, 2.05) is 43.3 Å². The number of benzene rings is 4. The summed E-state index contributed by atoms with van der Waals surface area (Å²) in [6.07, 6.45) is -0.940. The highest BCUT2D eigenvalue weighted by Gasteiger charge is 2.28. The van der Waals surface area contributed by atoms with E-state index in [1.54, 1.807) is 55.6 Å². The molecule has 0 aliphatic rings. The standard InChI is InChI=1S/C31H34N2O4S/c1-25-13-19-31(20-14-25)38(35,36)33(28-15-17-30(37-2)18-16-28)24-29(34)23-32(21-26-9-5-3-6-10-26)22-27-11-7-4-8-12-27/h3-20,29,34H,21-24H2,1-2H3. The van der Waals surface area contributed by atoms with Crippen molar-refractivity contribution < 1.29 is 18.3 Å². The zero-order valence-corrected chi connectivity index (χ0v) is 22.6. The predicted molar refractivity (Wildman–Crippen MR) is 152 cm³/mol. The molecular formula is C31H34N2O4S. The second-order valence-electron chi connectivity index (χ2n) is 9.34. The first-order valence-electron chi connectivity index (χ1n) is 12.6. The van der Waals surface area contributed by atoms with Crippen LogP contribution in [0, 0.1) is 6.92 Å². The van der Waals surface area contributed by atoms with Gasteiger partial charge in [-0.05, 0) is 54.4 Å². The number of rotatable bonds is 12. The van der Waals surface area contributed by atoms with Crippen molar-refractivity contribution in [3.63, 3.8) is 0 Å². The first-order valence-corrected chi connectivity index (χ1v) is 14.0. The lowest BCUT2D eigenvalue weighted by molar-refractivity contribution is 0.111. The summed E-state index contributed by atoms with van der Waals surface area (Å²) >= 11 is 0. The highest BCUT2D eigenvalue weighted by Crippen LogP contribution is 2.27. The zero-order chi connectivity index (χ0) is 27.0. The van der Waals surface area contributed by atoms with E-state index in [-0.39, 0.29) is 11.4 Å². The number of aliphatic hydroxyl groups is 1. The highest BCUT2D eigenvalue weighted by atomic mass is 32.2. The van der Waals surface area contributed by atoms with Crippen LogP contribution in [-0.2, 0) is 23.1 Å². The molecule has 0 saturated carbocycles. The lowest BCUT2D eigenvalue weighted by atomic mass is 10.1. The van der Waals surface area contributed by atoms with Crippen LogP contribution in [0.1, 0.15) is 16.7 Å². The summed E-state index contributed by atoms with van der Waals surface area (Å²) in [6, 6.07) is 33.7. The maximum atomic E-state index is 13.8. The highest BCUT2D eigenvalue weighted by molar-refractivity contribution is 7.92. The van der Waals surface area contributed by atoms with Crippen LogP contribution in [0.25, 0.3) is 0 Å². The van der Waals surface area contributed by atoms with E-state index in [2.05, 4.69) is 29.2 Å². The fourth-order valence-corrected chi connectivity index (χ4v) is 5.85. The number of hydrogen-bond acceptors (Lipinski definition) is 5. The number of ether oxygens (including phenoxy) is 1. The van der Waals surface area contributed by atoms with E-state index in [9.17, 15) is 13.5 Å². The van der Waals surface area contributed by atoms with Gasteiger partial charge in [0.25, 0.3) is 10.0 Å². The lowest BCUT2D eigenvalue weighted by Gasteiger charge is -2.30. The predicted octanol–water partition coefficient (Wildman–Crippen LogP) is 5.26. The molecule has 0 bridgehead atoms. The Morgan fingerprint density at radius 1 is 0.737 bits per heavy atom. The van der Waals surface area contributed by atoms with Gasteiger partial charge in [-0.2, -0.15) is 0 Å². The number of sulfonamides is 1. The van der Waals surface area contributed by atoms with E-state index >= 15 is 0 Å². The molecule has 0 radical (unpaired) electrons. The summed E-state index contributed by atoms with van der Waals surface area (Å²) in [5.41, 5.74) is 3.67. The fraction of sp³-hybridized carbons (Fsp3) is 0.226. The SMILES string of the molecule is COc1ccc(N(CC(O)CN(Cc2ccccc2)Cc2ccccc2)S(=O)(=O)c2ccc(C)cc2)cc1. The molecule has 4 aromatic rings. The van der Waals surface area contributed by atoms with Crippen LogP contribution in [0.3, 0.4) is 0 Å². The average Bonchev–Trinajstić information content (AvgIpc) is 2.93. The van der Waals surface area contributed by atoms with Gasteiger partial charge in [0, 0.05) is 19.6 Å². The van der Waals surface area contributed by atoms with Crippen LogP contribution < -0.4 is 9.04 Å². The number of nitrogens with zero attached hydrogens (tertiary/aromatic N) is 2. The van der Waals surface area contributed by atoms with Gasteiger partial charge in [0.15, 0.2) is 0 Å². The Hall–Kier alpha value is -3.65. The quantitative estimate of drug-likeness (QED) is 0.271. The van der Waals surface area contributed by atoms with Crippen molar-refractivity contribution >= 4 is 15.7 Å². The summed E-state index contributed by atoms with van der Waals surface area (Å²) in [5, 5.41) is 11.3. The normalized spacial score (nSPS) is 12.3. The van der Waals surface area contributed by atoms with Gasteiger partial charge in [-0.25, -0.2) is 8.42 Å². The number of hydrogen-bond donors (Lipinski definition) is 1. The van der Waals surface area contributed by atoms with E-state index in [0.717, 1.165) is 16.7 Å². The van der Waals surface area contributed by atoms with Gasteiger partial charge >= 0.3 is 0 Å². The van der Waals surface area contributed by atoms with Crippen molar-refractivity contribution in [2.75, 3.05) is 24.5 Å². The van der Waals surface area contributed by atoms with Crippen LogP contribution in [-0.4, -0.2) is 44.7 Å². The molecule has 0 amide bonds. The molecule has 1 atom stereocenters. The first-order chi connectivity index (χ1) is 18.3. The maximum Gasteiger partial charge on any atom is 0.264 e. The number of anilines is 1. The second-order valence-corrected chi connectivity index (χ2v) is 11.2.